The molecule has 4 atom stereocenters. The molecule has 0 aromatic heterocycles. The highest BCUT2D eigenvalue weighted by molar-refractivity contribution is 4.88. The molecule has 0 aliphatic carbocycles. The minimum Gasteiger partial charge on any atom is -0.391 e. The lowest BCUT2D eigenvalue weighted by molar-refractivity contribution is -0.0280. The quantitative estimate of drug-likeness (QED) is 0.680. The van der Waals surface area contributed by atoms with E-state index < -0.39 is 0 Å². The molecule has 1 N–H and O–H groups in total. The Morgan fingerprint density at radius 1 is 1.38 bits per heavy atom. The number of ether oxygens (including phenoxy) is 1. The van der Waals surface area contributed by atoms with Gasteiger partial charge in [-0.1, -0.05) is 20.8 Å². The van der Waals surface area contributed by atoms with Crippen molar-refractivity contribution in [1.29, 1.82) is 0 Å². The van der Waals surface area contributed by atoms with Crippen LogP contribution in [-0.2, 0) is 4.74 Å². The van der Waals surface area contributed by atoms with Crippen LogP contribution in [-0.4, -0.2) is 23.4 Å². The molecular weight excluding hydrogens is 164 g/mol. The summed E-state index contributed by atoms with van der Waals surface area (Å²) < 4.78 is 5.71. The lowest BCUT2D eigenvalue weighted by Gasteiger charge is -2.28. The molecule has 2 nitrogen and oxygen atoms in total. The maximum absolute atomic E-state index is 9.43. The van der Waals surface area contributed by atoms with Gasteiger partial charge >= 0.3 is 0 Å². The molecule has 13 heavy (non-hydrogen) atoms. The number of hydrogen-bond donors (Lipinski definition) is 1. The first-order chi connectivity index (χ1) is 5.82. The monoisotopic (exact) mass is 186 g/mol. The first-order valence-corrected chi connectivity index (χ1v) is 5.16. The summed E-state index contributed by atoms with van der Waals surface area (Å²) in [5.74, 6) is 0.562. The third-order valence-electron chi connectivity index (χ3n) is 3.09. The summed E-state index contributed by atoms with van der Waals surface area (Å²) in [6, 6.07) is 0. The number of hydrogen-bond acceptors (Lipinski definition) is 2. The van der Waals surface area contributed by atoms with Gasteiger partial charge in [0.2, 0.25) is 0 Å². The molecule has 1 rings (SSSR count). The van der Waals surface area contributed by atoms with Crippen LogP contribution in [0.2, 0.25) is 0 Å². The van der Waals surface area contributed by atoms with Crippen molar-refractivity contribution in [2.45, 2.75) is 59.4 Å². The van der Waals surface area contributed by atoms with Crippen molar-refractivity contribution in [2.24, 2.45) is 11.3 Å². The third kappa shape index (κ3) is 2.44. The Kier molecular flexibility index (Phi) is 3.03. The molecule has 1 aliphatic heterocycles. The van der Waals surface area contributed by atoms with E-state index in [1.165, 1.54) is 0 Å². The van der Waals surface area contributed by atoms with E-state index in [2.05, 4.69) is 27.7 Å². The van der Waals surface area contributed by atoms with Gasteiger partial charge in [-0.05, 0) is 31.6 Å². The van der Waals surface area contributed by atoms with E-state index in [9.17, 15) is 5.11 Å². The van der Waals surface area contributed by atoms with E-state index in [-0.39, 0.29) is 23.7 Å². The molecule has 0 aromatic rings. The zero-order valence-electron chi connectivity index (χ0n) is 9.37. The molecule has 1 aliphatic rings. The van der Waals surface area contributed by atoms with Crippen LogP contribution >= 0.6 is 0 Å². The van der Waals surface area contributed by atoms with Crippen LogP contribution in [0.15, 0.2) is 0 Å². The largest absolute Gasteiger partial charge is 0.391 e. The Labute approximate surface area is 81.3 Å². The first kappa shape index (κ1) is 11.0. The van der Waals surface area contributed by atoms with Crippen LogP contribution in [0.4, 0.5) is 0 Å². The van der Waals surface area contributed by atoms with Crippen LogP contribution in [0.5, 0.6) is 0 Å². The van der Waals surface area contributed by atoms with Crippen LogP contribution in [0.1, 0.15) is 41.0 Å². The van der Waals surface area contributed by atoms with Crippen molar-refractivity contribution in [3.63, 3.8) is 0 Å². The van der Waals surface area contributed by atoms with Crippen LogP contribution < -0.4 is 0 Å². The van der Waals surface area contributed by atoms with Crippen molar-refractivity contribution in [3.05, 3.63) is 0 Å². The summed E-state index contributed by atoms with van der Waals surface area (Å²) in [5.41, 5.74) is 0.281. The van der Waals surface area contributed by atoms with Gasteiger partial charge in [-0.15, -0.1) is 0 Å². The van der Waals surface area contributed by atoms with Crippen molar-refractivity contribution in [3.8, 4) is 0 Å². The van der Waals surface area contributed by atoms with Crippen LogP contribution in [0.3, 0.4) is 0 Å². The zero-order valence-corrected chi connectivity index (χ0v) is 9.37. The Hall–Kier alpha value is -0.0800. The van der Waals surface area contributed by atoms with Crippen molar-refractivity contribution < 1.29 is 9.84 Å². The molecule has 1 fully saturated rings. The lowest BCUT2D eigenvalue weighted by atomic mass is 9.76. The molecular formula is C11H22O2. The highest BCUT2D eigenvalue weighted by Crippen LogP contribution is 2.40. The van der Waals surface area contributed by atoms with Gasteiger partial charge in [0, 0.05) is 0 Å². The second kappa shape index (κ2) is 3.58. The maximum Gasteiger partial charge on any atom is 0.0838 e. The predicted molar refractivity (Wildman–Crippen MR) is 53.6 cm³/mol. The average Bonchev–Trinajstić information content (AvgIpc) is 2.29. The van der Waals surface area contributed by atoms with Gasteiger partial charge in [-0.2, -0.15) is 0 Å². The Morgan fingerprint density at radius 2 is 1.92 bits per heavy atom. The summed E-state index contributed by atoms with van der Waals surface area (Å²) in [4.78, 5) is 0. The van der Waals surface area contributed by atoms with E-state index >= 15 is 0 Å². The molecule has 0 radical (unpaired) electrons. The average molecular weight is 186 g/mol. The van der Waals surface area contributed by atoms with E-state index in [0.717, 1.165) is 6.42 Å². The second-order valence-corrected chi connectivity index (χ2v) is 5.33. The topological polar surface area (TPSA) is 29.5 Å². The number of rotatable bonds is 1. The standard InChI is InChI=1S/C11H22O2/c1-7(12)10-6-9(8(2)13-10)11(3,4)5/h7-10,12H,6H2,1-5H3. The lowest BCUT2D eigenvalue weighted by Crippen LogP contribution is -2.26. The van der Waals surface area contributed by atoms with Gasteiger partial charge in [-0.3, -0.25) is 0 Å². The molecule has 0 amide bonds. The van der Waals surface area contributed by atoms with E-state index in [0.29, 0.717) is 5.92 Å². The Bertz CT molecular complexity index is 169. The summed E-state index contributed by atoms with van der Waals surface area (Å²) >= 11 is 0. The first-order valence-electron chi connectivity index (χ1n) is 5.16. The fourth-order valence-corrected chi connectivity index (χ4v) is 2.24. The molecule has 1 heterocycles. The van der Waals surface area contributed by atoms with Crippen molar-refractivity contribution >= 4 is 0 Å². The fourth-order valence-electron chi connectivity index (χ4n) is 2.24. The molecule has 1 saturated heterocycles. The van der Waals surface area contributed by atoms with Gasteiger partial charge in [-0.25, -0.2) is 0 Å². The summed E-state index contributed by atoms with van der Waals surface area (Å²) in [6.45, 7) is 10.6. The normalized spacial score (nSPS) is 37.8. The SMILES string of the molecule is CC(O)C1CC(C(C)(C)C)C(C)O1. The van der Waals surface area contributed by atoms with Crippen molar-refractivity contribution in [2.75, 3.05) is 0 Å². The van der Waals surface area contributed by atoms with E-state index in [1.54, 1.807) is 0 Å². The van der Waals surface area contributed by atoms with Gasteiger partial charge < -0.3 is 9.84 Å². The van der Waals surface area contributed by atoms with Crippen LogP contribution in [0.25, 0.3) is 0 Å². The van der Waals surface area contributed by atoms with Crippen molar-refractivity contribution in [1.82, 2.24) is 0 Å². The van der Waals surface area contributed by atoms with Gasteiger partial charge in [0.25, 0.3) is 0 Å². The predicted octanol–water partition coefficient (Wildman–Crippen LogP) is 2.21. The Morgan fingerprint density at radius 3 is 2.15 bits per heavy atom. The molecule has 0 bridgehead atoms. The molecule has 78 valence electrons. The molecule has 4 unspecified atom stereocenters. The highest BCUT2D eigenvalue weighted by atomic mass is 16.5. The van der Waals surface area contributed by atoms with Gasteiger partial charge in [0.1, 0.15) is 0 Å². The Balaban J connectivity index is 2.62. The number of aliphatic hydroxyl groups excluding tert-OH is 1. The minimum absolute atomic E-state index is 0.0409. The van der Waals surface area contributed by atoms with E-state index in [1.807, 2.05) is 6.92 Å². The van der Waals surface area contributed by atoms with E-state index in [4.69, 9.17) is 4.74 Å². The van der Waals surface area contributed by atoms with Gasteiger partial charge in [0.05, 0.1) is 18.3 Å². The van der Waals surface area contributed by atoms with Crippen LogP contribution in [0, 0.1) is 11.3 Å². The molecule has 2 heteroatoms. The molecule has 0 spiro atoms. The zero-order chi connectivity index (χ0) is 10.2. The molecule has 0 saturated carbocycles. The molecule has 0 aromatic carbocycles. The highest BCUT2D eigenvalue weighted by Gasteiger charge is 2.40. The summed E-state index contributed by atoms with van der Waals surface area (Å²) in [5, 5.41) is 9.43. The maximum atomic E-state index is 9.43. The minimum atomic E-state index is -0.338. The summed E-state index contributed by atoms with van der Waals surface area (Å²) in [6.07, 6.45) is 0.969. The fraction of sp³-hybridized carbons (Fsp3) is 1.00. The summed E-state index contributed by atoms with van der Waals surface area (Å²) in [7, 11) is 0. The smallest absolute Gasteiger partial charge is 0.0838 e. The third-order valence-corrected chi connectivity index (χ3v) is 3.09. The second-order valence-electron chi connectivity index (χ2n) is 5.33. The van der Waals surface area contributed by atoms with Gasteiger partial charge in [0.15, 0.2) is 0 Å². The number of aliphatic hydroxyl groups is 1.